The molecule has 2 atom stereocenters. The molecule has 0 radical (unpaired) electrons. The summed E-state index contributed by atoms with van der Waals surface area (Å²) in [6.45, 7) is 1.87. The van der Waals surface area contributed by atoms with Crippen molar-refractivity contribution in [1.82, 2.24) is 4.90 Å². The van der Waals surface area contributed by atoms with Crippen molar-refractivity contribution < 1.29 is 28.2 Å². The monoisotopic (exact) mass is 420 g/mol. The standard InChI is InChI=1S/C22H26F2N2O4/c1-16(25)21(28,22(23,24)20(27)26-10-12-29-13-11-26)18-8-5-9-19(14-18)30-15-17-6-3-2-4-7-17/h2-9,14,16,28H,10-13,15,25H2,1H3. The summed E-state index contributed by atoms with van der Waals surface area (Å²) >= 11 is 0. The van der Waals surface area contributed by atoms with Crippen LogP contribution in [0.3, 0.4) is 0 Å². The van der Waals surface area contributed by atoms with Gasteiger partial charge in [-0.2, -0.15) is 8.78 Å². The van der Waals surface area contributed by atoms with E-state index in [4.69, 9.17) is 15.2 Å². The van der Waals surface area contributed by atoms with Crippen LogP contribution in [0, 0.1) is 0 Å². The molecule has 1 heterocycles. The molecule has 1 amide bonds. The fourth-order valence-electron chi connectivity index (χ4n) is 3.42. The van der Waals surface area contributed by atoms with E-state index in [1.165, 1.54) is 25.1 Å². The molecule has 3 rings (SSSR count). The van der Waals surface area contributed by atoms with Crippen LogP contribution in [0.25, 0.3) is 0 Å². The lowest BCUT2D eigenvalue weighted by Crippen LogP contribution is -2.63. The highest BCUT2D eigenvalue weighted by Gasteiger charge is 2.62. The second kappa shape index (κ2) is 9.07. The van der Waals surface area contributed by atoms with E-state index in [2.05, 4.69) is 0 Å². The SMILES string of the molecule is CC(N)C(O)(c1cccc(OCc2ccccc2)c1)C(F)(F)C(=O)N1CCOCC1. The van der Waals surface area contributed by atoms with Crippen LogP contribution in [0.4, 0.5) is 8.78 Å². The van der Waals surface area contributed by atoms with Crippen molar-refractivity contribution in [3.8, 4) is 5.75 Å². The van der Waals surface area contributed by atoms with Gasteiger partial charge in [0.1, 0.15) is 12.4 Å². The molecule has 6 nitrogen and oxygen atoms in total. The van der Waals surface area contributed by atoms with Crippen LogP contribution in [-0.2, 0) is 21.7 Å². The Morgan fingerprint density at radius 3 is 2.50 bits per heavy atom. The van der Waals surface area contributed by atoms with Crippen LogP contribution in [0.5, 0.6) is 5.75 Å². The Hall–Kier alpha value is -2.55. The van der Waals surface area contributed by atoms with Crippen LogP contribution < -0.4 is 10.5 Å². The third-order valence-electron chi connectivity index (χ3n) is 5.23. The van der Waals surface area contributed by atoms with Crippen LogP contribution in [0.2, 0.25) is 0 Å². The van der Waals surface area contributed by atoms with E-state index in [-0.39, 0.29) is 44.2 Å². The Labute approximate surface area is 174 Å². The normalized spacial score (nSPS) is 17.8. The fourth-order valence-corrected chi connectivity index (χ4v) is 3.42. The minimum atomic E-state index is -4.14. The van der Waals surface area contributed by atoms with Crippen molar-refractivity contribution in [1.29, 1.82) is 0 Å². The van der Waals surface area contributed by atoms with Gasteiger partial charge in [0, 0.05) is 19.1 Å². The molecule has 2 aromatic rings. The first kappa shape index (κ1) is 22.1. The number of hydrogen-bond acceptors (Lipinski definition) is 5. The summed E-state index contributed by atoms with van der Waals surface area (Å²) in [5.41, 5.74) is 3.61. The van der Waals surface area contributed by atoms with Gasteiger partial charge in [-0.1, -0.05) is 42.5 Å². The van der Waals surface area contributed by atoms with Gasteiger partial charge in [0.2, 0.25) is 0 Å². The van der Waals surface area contributed by atoms with Gasteiger partial charge in [0.05, 0.1) is 13.2 Å². The van der Waals surface area contributed by atoms with Gasteiger partial charge < -0.3 is 25.2 Å². The molecule has 0 spiro atoms. The summed E-state index contributed by atoms with van der Waals surface area (Å²) in [4.78, 5) is 13.6. The highest BCUT2D eigenvalue weighted by atomic mass is 19.3. The number of aliphatic hydroxyl groups is 1. The number of nitrogens with zero attached hydrogens (tertiary/aromatic N) is 1. The summed E-state index contributed by atoms with van der Waals surface area (Å²) < 4.78 is 41.5. The summed E-state index contributed by atoms with van der Waals surface area (Å²) in [6, 6.07) is 13.6. The Bertz CT molecular complexity index is 857. The molecule has 2 unspecified atom stereocenters. The first-order valence-electron chi connectivity index (χ1n) is 9.77. The predicted octanol–water partition coefficient (Wildman–Crippen LogP) is 2.29. The van der Waals surface area contributed by atoms with Crippen molar-refractivity contribution in [3.05, 3.63) is 65.7 Å². The molecule has 1 aliphatic heterocycles. The maximum absolute atomic E-state index is 15.4. The second-order valence-corrected chi connectivity index (χ2v) is 7.34. The minimum Gasteiger partial charge on any atom is -0.489 e. The molecule has 30 heavy (non-hydrogen) atoms. The van der Waals surface area contributed by atoms with Crippen molar-refractivity contribution in [2.75, 3.05) is 26.3 Å². The van der Waals surface area contributed by atoms with E-state index < -0.39 is 23.5 Å². The van der Waals surface area contributed by atoms with E-state index in [0.29, 0.717) is 0 Å². The van der Waals surface area contributed by atoms with Gasteiger partial charge in [-0.05, 0) is 30.2 Å². The van der Waals surface area contributed by atoms with Crippen LogP contribution in [-0.4, -0.2) is 54.2 Å². The van der Waals surface area contributed by atoms with Gasteiger partial charge in [0.25, 0.3) is 5.91 Å². The van der Waals surface area contributed by atoms with E-state index >= 15 is 8.78 Å². The predicted molar refractivity (Wildman–Crippen MR) is 107 cm³/mol. The fraction of sp³-hybridized carbons (Fsp3) is 0.409. The van der Waals surface area contributed by atoms with Gasteiger partial charge in [-0.3, -0.25) is 4.79 Å². The zero-order valence-corrected chi connectivity index (χ0v) is 16.8. The molecule has 1 fully saturated rings. The molecule has 3 N–H and O–H groups in total. The Kier molecular flexibility index (Phi) is 6.70. The number of alkyl halides is 2. The number of carbonyl (C=O) groups is 1. The molecular formula is C22H26F2N2O4. The number of amides is 1. The highest BCUT2D eigenvalue weighted by Crippen LogP contribution is 2.42. The summed E-state index contributed by atoms with van der Waals surface area (Å²) in [7, 11) is 0. The Morgan fingerprint density at radius 2 is 1.87 bits per heavy atom. The molecule has 8 heteroatoms. The van der Waals surface area contributed by atoms with Crippen molar-refractivity contribution in [2.45, 2.75) is 31.1 Å². The zero-order chi connectivity index (χ0) is 21.8. The molecule has 1 aliphatic rings. The zero-order valence-electron chi connectivity index (χ0n) is 16.8. The molecule has 0 bridgehead atoms. The average molecular weight is 420 g/mol. The largest absolute Gasteiger partial charge is 0.489 e. The van der Waals surface area contributed by atoms with Crippen molar-refractivity contribution >= 4 is 5.91 Å². The van der Waals surface area contributed by atoms with E-state index in [0.717, 1.165) is 10.5 Å². The third-order valence-corrected chi connectivity index (χ3v) is 5.23. The lowest BCUT2D eigenvalue weighted by atomic mass is 9.80. The maximum Gasteiger partial charge on any atom is 0.358 e. The van der Waals surface area contributed by atoms with Crippen LogP contribution >= 0.6 is 0 Å². The van der Waals surface area contributed by atoms with Gasteiger partial charge in [0.15, 0.2) is 5.60 Å². The summed E-state index contributed by atoms with van der Waals surface area (Å²) in [5, 5.41) is 11.1. The van der Waals surface area contributed by atoms with Crippen LogP contribution in [0.15, 0.2) is 54.6 Å². The van der Waals surface area contributed by atoms with Gasteiger partial charge in [-0.25, -0.2) is 0 Å². The molecular weight excluding hydrogens is 394 g/mol. The quantitative estimate of drug-likeness (QED) is 0.718. The van der Waals surface area contributed by atoms with Gasteiger partial charge in [-0.15, -0.1) is 0 Å². The summed E-state index contributed by atoms with van der Waals surface area (Å²) in [6.07, 6.45) is 0. The van der Waals surface area contributed by atoms with E-state index in [1.54, 1.807) is 6.07 Å². The number of ether oxygens (including phenoxy) is 2. The Morgan fingerprint density at radius 1 is 1.20 bits per heavy atom. The number of rotatable bonds is 7. The van der Waals surface area contributed by atoms with Crippen molar-refractivity contribution in [3.63, 3.8) is 0 Å². The van der Waals surface area contributed by atoms with Gasteiger partial charge >= 0.3 is 5.92 Å². The minimum absolute atomic E-state index is 0.0314. The third kappa shape index (κ3) is 4.30. The topological polar surface area (TPSA) is 85.0 Å². The number of benzene rings is 2. The molecule has 1 saturated heterocycles. The molecule has 162 valence electrons. The molecule has 0 aliphatic carbocycles. The highest BCUT2D eigenvalue weighted by molar-refractivity contribution is 5.85. The lowest BCUT2D eigenvalue weighted by molar-refractivity contribution is -0.213. The molecule has 0 saturated carbocycles. The average Bonchev–Trinajstić information content (AvgIpc) is 2.77. The lowest BCUT2D eigenvalue weighted by Gasteiger charge is -2.41. The van der Waals surface area contributed by atoms with E-state index in [1.807, 2.05) is 30.3 Å². The van der Waals surface area contributed by atoms with Crippen molar-refractivity contribution in [2.24, 2.45) is 5.73 Å². The van der Waals surface area contributed by atoms with Crippen LogP contribution in [0.1, 0.15) is 18.1 Å². The number of morpholine rings is 1. The number of halogens is 2. The second-order valence-electron chi connectivity index (χ2n) is 7.34. The number of carbonyl (C=O) groups excluding carboxylic acids is 1. The molecule has 0 aromatic heterocycles. The Balaban J connectivity index is 1.87. The number of nitrogens with two attached hydrogens (primary N) is 1. The summed E-state index contributed by atoms with van der Waals surface area (Å²) in [5.74, 6) is -5.33. The first-order valence-corrected chi connectivity index (χ1v) is 9.77. The maximum atomic E-state index is 15.4. The smallest absolute Gasteiger partial charge is 0.358 e. The number of hydrogen-bond donors (Lipinski definition) is 2. The van der Waals surface area contributed by atoms with E-state index in [9.17, 15) is 9.90 Å². The first-order chi connectivity index (χ1) is 14.3. The molecule has 2 aromatic carbocycles.